The van der Waals surface area contributed by atoms with Gasteiger partial charge in [-0.25, -0.2) is 9.78 Å². The molecule has 0 bridgehead atoms. The molecule has 4 nitrogen and oxygen atoms in total. The summed E-state index contributed by atoms with van der Waals surface area (Å²) in [4.78, 5) is 15.2. The maximum Gasteiger partial charge on any atom is 0.335 e. The Bertz CT molecular complexity index is 816. The van der Waals surface area contributed by atoms with Crippen LogP contribution in [-0.4, -0.2) is 16.1 Å². The molecule has 21 heavy (non-hydrogen) atoms. The SMILES string of the molecule is O=C(O)c1ccc2nc(SCc3ccccc3Cl)oc2c1. The van der Waals surface area contributed by atoms with Crippen LogP contribution in [0.1, 0.15) is 15.9 Å². The lowest BCUT2D eigenvalue weighted by Crippen LogP contribution is -1.94. The Labute approximate surface area is 129 Å². The lowest BCUT2D eigenvalue weighted by Gasteiger charge is -2.00. The normalized spacial score (nSPS) is 10.9. The van der Waals surface area contributed by atoms with Crippen molar-refractivity contribution in [1.29, 1.82) is 0 Å². The summed E-state index contributed by atoms with van der Waals surface area (Å²) < 4.78 is 5.57. The summed E-state index contributed by atoms with van der Waals surface area (Å²) in [5.41, 5.74) is 2.29. The smallest absolute Gasteiger partial charge is 0.335 e. The Morgan fingerprint density at radius 2 is 2.10 bits per heavy atom. The third-order valence-electron chi connectivity index (χ3n) is 2.92. The molecule has 0 amide bonds. The molecule has 0 radical (unpaired) electrons. The lowest BCUT2D eigenvalue weighted by atomic mass is 10.2. The van der Waals surface area contributed by atoms with Gasteiger partial charge >= 0.3 is 5.97 Å². The van der Waals surface area contributed by atoms with Crippen molar-refractivity contribution in [1.82, 2.24) is 4.98 Å². The van der Waals surface area contributed by atoms with Gasteiger partial charge in [-0.1, -0.05) is 41.6 Å². The summed E-state index contributed by atoms with van der Waals surface area (Å²) in [5, 5.41) is 10.1. The molecular weight excluding hydrogens is 310 g/mol. The molecule has 3 rings (SSSR count). The van der Waals surface area contributed by atoms with Crippen LogP contribution < -0.4 is 0 Å². The maximum atomic E-state index is 10.9. The van der Waals surface area contributed by atoms with Gasteiger partial charge in [0.15, 0.2) is 5.58 Å². The van der Waals surface area contributed by atoms with Crippen LogP contribution in [0.3, 0.4) is 0 Å². The predicted octanol–water partition coefficient (Wildman–Crippen LogP) is 4.47. The highest BCUT2D eigenvalue weighted by Gasteiger charge is 2.10. The highest BCUT2D eigenvalue weighted by atomic mass is 35.5. The van der Waals surface area contributed by atoms with Gasteiger partial charge in [0.2, 0.25) is 0 Å². The molecule has 6 heteroatoms. The van der Waals surface area contributed by atoms with Crippen LogP contribution >= 0.6 is 23.4 Å². The molecule has 106 valence electrons. The Hall–Kier alpha value is -1.98. The van der Waals surface area contributed by atoms with Crippen molar-refractivity contribution in [3.8, 4) is 0 Å². The summed E-state index contributed by atoms with van der Waals surface area (Å²) >= 11 is 7.51. The number of fused-ring (bicyclic) bond motifs is 1. The summed E-state index contributed by atoms with van der Waals surface area (Å²) in [5.74, 6) is -0.350. The van der Waals surface area contributed by atoms with Gasteiger partial charge in [0, 0.05) is 10.8 Å². The van der Waals surface area contributed by atoms with Crippen molar-refractivity contribution in [2.24, 2.45) is 0 Å². The standard InChI is InChI=1S/C15H10ClNO3S/c16-11-4-2-1-3-10(11)8-21-15-17-12-6-5-9(14(18)19)7-13(12)20-15/h1-7H,8H2,(H,18,19). The van der Waals surface area contributed by atoms with Gasteiger partial charge in [-0.05, 0) is 29.8 Å². The number of carboxylic acid groups (broad SMARTS) is 1. The third-order valence-corrected chi connectivity index (χ3v) is 4.17. The zero-order valence-electron chi connectivity index (χ0n) is 10.7. The van der Waals surface area contributed by atoms with Gasteiger partial charge in [-0.3, -0.25) is 0 Å². The molecule has 1 aromatic heterocycles. The molecule has 2 aromatic carbocycles. The number of thioether (sulfide) groups is 1. The molecule has 1 N–H and O–H groups in total. The Kier molecular flexibility index (Phi) is 3.86. The van der Waals surface area contributed by atoms with Crippen LogP contribution in [0.15, 0.2) is 52.1 Å². The van der Waals surface area contributed by atoms with Crippen LogP contribution in [0, 0.1) is 0 Å². The molecule has 0 aliphatic rings. The quantitative estimate of drug-likeness (QED) is 0.719. The number of benzene rings is 2. The van der Waals surface area contributed by atoms with Gasteiger partial charge in [0.05, 0.1) is 5.56 Å². The minimum absolute atomic E-state index is 0.182. The summed E-state index contributed by atoms with van der Waals surface area (Å²) in [6.07, 6.45) is 0. The molecule has 0 aliphatic heterocycles. The van der Waals surface area contributed by atoms with E-state index in [1.54, 1.807) is 6.07 Å². The number of hydrogen-bond acceptors (Lipinski definition) is 4. The second-order valence-corrected chi connectivity index (χ2v) is 5.68. The summed E-state index contributed by atoms with van der Waals surface area (Å²) in [7, 11) is 0. The maximum absolute atomic E-state index is 10.9. The molecule has 1 heterocycles. The second kappa shape index (κ2) is 5.79. The van der Waals surface area contributed by atoms with Crippen LogP contribution in [0.25, 0.3) is 11.1 Å². The zero-order valence-corrected chi connectivity index (χ0v) is 12.3. The van der Waals surface area contributed by atoms with Crippen molar-refractivity contribution in [2.45, 2.75) is 11.0 Å². The Morgan fingerprint density at radius 1 is 1.29 bits per heavy atom. The minimum atomic E-state index is -0.987. The number of rotatable bonds is 4. The molecule has 0 spiro atoms. The van der Waals surface area contributed by atoms with Crippen LogP contribution in [-0.2, 0) is 5.75 Å². The average Bonchev–Trinajstić information content (AvgIpc) is 2.88. The number of nitrogens with zero attached hydrogens (tertiary/aromatic N) is 1. The third kappa shape index (κ3) is 3.04. The fourth-order valence-corrected chi connectivity index (χ4v) is 2.98. The van der Waals surface area contributed by atoms with E-state index in [1.165, 1.54) is 23.9 Å². The largest absolute Gasteiger partial charge is 0.478 e. The summed E-state index contributed by atoms with van der Waals surface area (Å²) in [6, 6.07) is 12.2. The van der Waals surface area contributed by atoms with E-state index in [9.17, 15) is 4.79 Å². The second-order valence-electron chi connectivity index (χ2n) is 4.35. The summed E-state index contributed by atoms with van der Waals surface area (Å²) in [6.45, 7) is 0. The Balaban J connectivity index is 1.82. The first-order chi connectivity index (χ1) is 10.1. The lowest BCUT2D eigenvalue weighted by molar-refractivity contribution is 0.0697. The Morgan fingerprint density at radius 3 is 2.86 bits per heavy atom. The van der Waals surface area contributed by atoms with Crippen LogP contribution in [0.5, 0.6) is 0 Å². The molecule has 0 atom stereocenters. The van der Waals surface area contributed by atoms with E-state index in [4.69, 9.17) is 21.1 Å². The molecular formula is C15H10ClNO3S. The van der Waals surface area contributed by atoms with Crippen molar-refractivity contribution in [2.75, 3.05) is 0 Å². The molecule has 0 unspecified atom stereocenters. The first kappa shape index (κ1) is 14.0. The predicted molar refractivity (Wildman–Crippen MR) is 82.0 cm³/mol. The first-order valence-electron chi connectivity index (χ1n) is 6.13. The number of carboxylic acids is 1. The number of aromatic carboxylic acids is 1. The van der Waals surface area contributed by atoms with Gasteiger partial charge in [0.25, 0.3) is 5.22 Å². The highest BCUT2D eigenvalue weighted by Crippen LogP contribution is 2.29. The molecule has 0 saturated carbocycles. The van der Waals surface area contributed by atoms with E-state index in [1.807, 2.05) is 24.3 Å². The van der Waals surface area contributed by atoms with Gasteiger partial charge in [-0.15, -0.1) is 0 Å². The number of carbonyl (C=O) groups is 1. The minimum Gasteiger partial charge on any atom is -0.478 e. The van der Waals surface area contributed by atoms with E-state index in [2.05, 4.69) is 4.98 Å². The number of aromatic nitrogens is 1. The van der Waals surface area contributed by atoms with E-state index in [-0.39, 0.29) is 5.56 Å². The van der Waals surface area contributed by atoms with Gasteiger partial charge in [-0.2, -0.15) is 0 Å². The molecule has 0 fully saturated rings. The highest BCUT2D eigenvalue weighted by molar-refractivity contribution is 7.98. The van der Waals surface area contributed by atoms with E-state index in [0.717, 1.165) is 5.56 Å². The zero-order chi connectivity index (χ0) is 14.8. The first-order valence-corrected chi connectivity index (χ1v) is 7.50. The fourth-order valence-electron chi connectivity index (χ4n) is 1.85. The number of halogens is 1. The van der Waals surface area contributed by atoms with Crippen molar-refractivity contribution in [3.05, 3.63) is 58.6 Å². The van der Waals surface area contributed by atoms with E-state index in [0.29, 0.717) is 27.1 Å². The van der Waals surface area contributed by atoms with Crippen LogP contribution in [0.4, 0.5) is 0 Å². The van der Waals surface area contributed by atoms with E-state index >= 15 is 0 Å². The average molecular weight is 320 g/mol. The topological polar surface area (TPSA) is 63.3 Å². The number of hydrogen-bond donors (Lipinski definition) is 1. The van der Waals surface area contributed by atoms with Crippen molar-refractivity contribution in [3.63, 3.8) is 0 Å². The van der Waals surface area contributed by atoms with Crippen LogP contribution in [0.2, 0.25) is 5.02 Å². The number of oxazole rings is 1. The monoisotopic (exact) mass is 319 g/mol. The van der Waals surface area contributed by atoms with Crippen molar-refractivity contribution >= 4 is 40.4 Å². The van der Waals surface area contributed by atoms with Gasteiger partial charge < -0.3 is 9.52 Å². The fraction of sp³-hybridized carbons (Fsp3) is 0.0667. The van der Waals surface area contributed by atoms with E-state index < -0.39 is 5.97 Å². The molecule has 0 saturated heterocycles. The molecule has 3 aromatic rings. The molecule has 0 aliphatic carbocycles. The van der Waals surface area contributed by atoms with Crippen molar-refractivity contribution < 1.29 is 14.3 Å². The van der Waals surface area contributed by atoms with Gasteiger partial charge in [0.1, 0.15) is 5.52 Å².